The van der Waals surface area contributed by atoms with Crippen LogP contribution in [-0.4, -0.2) is 31.1 Å². The smallest absolute Gasteiger partial charge is 0.317 e. The van der Waals surface area contributed by atoms with E-state index in [9.17, 15) is 4.79 Å². The van der Waals surface area contributed by atoms with Gasteiger partial charge in [-0.15, -0.1) is 0 Å². The molecule has 1 aromatic carbocycles. The van der Waals surface area contributed by atoms with Crippen molar-refractivity contribution in [2.75, 3.05) is 20.2 Å². The molecule has 0 aromatic heterocycles. The first-order valence-corrected chi connectivity index (χ1v) is 8.61. The van der Waals surface area contributed by atoms with E-state index in [0.29, 0.717) is 5.92 Å². The number of likely N-dealkylation sites (tertiary alicyclic amines) is 1. The molecule has 2 atom stereocenters. The van der Waals surface area contributed by atoms with Crippen LogP contribution in [0.1, 0.15) is 43.7 Å². The summed E-state index contributed by atoms with van der Waals surface area (Å²) in [5.41, 5.74) is 1.19. The normalized spacial score (nSPS) is 23.8. The molecule has 124 valence electrons. The SMILES string of the molecule is COc1ccc(C2CCCN2C(=O)NCC2CC=CCC2)cc1. The molecule has 2 amide bonds. The van der Waals surface area contributed by atoms with Gasteiger partial charge in [0.25, 0.3) is 0 Å². The standard InChI is InChI=1S/C19H26N2O2/c1-23-17-11-9-16(10-12-17)18-8-5-13-21(18)19(22)20-14-15-6-3-2-4-7-15/h2-3,9-12,15,18H,4-8,13-14H2,1H3,(H,20,22). The highest BCUT2D eigenvalue weighted by atomic mass is 16.5. The maximum Gasteiger partial charge on any atom is 0.317 e. The summed E-state index contributed by atoms with van der Waals surface area (Å²) in [6.45, 7) is 1.63. The number of carbonyl (C=O) groups is 1. The molecule has 3 rings (SSSR count). The molecular formula is C19H26N2O2. The van der Waals surface area contributed by atoms with E-state index in [4.69, 9.17) is 4.74 Å². The number of carbonyl (C=O) groups excluding carboxylic acids is 1. The van der Waals surface area contributed by atoms with Crippen molar-refractivity contribution in [2.24, 2.45) is 5.92 Å². The maximum atomic E-state index is 12.6. The summed E-state index contributed by atoms with van der Waals surface area (Å²) >= 11 is 0. The second kappa shape index (κ2) is 7.53. The second-order valence-corrected chi connectivity index (χ2v) is 6.46. The van der Waals surface area contributed by atoms with E-state index < -0.39 is 0 Å². The van der Waals surface area contributed by atoms with Crippen LogP contribution in [0, 0.1) is 5.92 Å². The molecule has 4 nitrogen and oxygen atoms in total. The number of hydrogen-bond acceptors (Lipinski definition) is 2. The van der Waals surface area contributed by atoms with Crippen molar-refractivity contribution in [3.63, 3.8) is 0 Å². The molecule has 0 radical (unpaired) electrons. The molecule has 4 heteroatoms. The molecule has 1 saturated heterocycles. The van der Waals surface area contributed by atoms with Crippen LogP contribution < -0.4 is 10.1 Å². The average molecular weight is 314 g/mol. The quantitative estimate of drug-likeness (QED) is 0.856. The molecule has 1 heterocycles. The van der Waals surface area contributed by atoms with Crippen LogP contribution in [0.5, 0.6) is 5.75 Å². The van der Waals surface area contributed by atoms with E-state index in [-0.39, 0.29) is 12.1 Å². The van der Waals surface area contributed by atoms with E-state index in [2.05, 4.69) is 29.6 Å². The van der Waals surface area contributed by atoms with Crippen molar-refractivity contribution in [2.45, 2.75) is 38.1 Å². The van der Waals surface area contributed by atoms with Crippen LogP contribution in [0.3, 0.4) is 0 Å². The van der Waals surface area contributed by atoms with Crippen molar-refractivity contribution in [1.29, 1.82) is 0 Å². The fourth-order valence-corrected chi connectivity index (χ4v) is 3.56. The number of allylic oxidation sites excluding steroid dienone is 2. The van der Waals surface area contributed by atoms with Gasteiger partial charge in [0.15, 0.2) is 0 Å². The molecule has 1 N–H and O–H groups in total. The zero-order valence-electron chi connectivity index (χ0n) is 13.8. The Morgan fingerprint density at radius 2 is 2.09 bits per heavy atom. The lowest BCUT2D eigenvalue weighted by Gasteiger charge is -2.27. The zero-order chi connectivity index (χ0) is 16.1. The molecule has 2 unspecified atom stereocenters. The van der Waals surface area contributed by atoms with Gasteiger partial charge in [0.2, 0.25) is 0 Å². The summed E-state index contributed by atoms with van der Waals surface area (Å²) in [6, 6.07) is 8.35. The summed E-state index contributed by atoms with van der Waals surface area (Å²) in [4.78, 5) is 14.6. The Labute approximate surface area is 138 Å². The van der Waals surface area contributed by atoms with E-state index in [1.807, 2.05) is 17.0 Å². The predicted molar refractivity (Wildman–Crippen MR) is 91.6 cm³/mol. The van der Waals surface area contributed by atoms with Gasteiger partial charge in [-0.3, -0.25) is 0 Å². The van der Waals surface area contributed by atoms with Gasteiger partial charge in [-0.1, -0.05) is 24.3 Å². The Morgan fingerprint density at radius 1 is 1.26 bits per heavy atom. The minimum Gasteiger partial charge on any atom is -0.497 e. The minimum absolute atomic E-state index is 0.0814. The number of ether oxygens (including phenoxy) is 1. The van der Waals surface area contributed by atoms with Crippen LogP contribution in [-0.2, 0) is 0 Å². The summed E-state index contributed by atoms with van der Waals surface area (Å²) < 4.78 is 5.21. The fourth-order valence-electron chi connectivity index (χ4n) is 3.56. The van der Waals surface area contributed by atoms with E-state index in [1.165, 1.54) is 12.0 Å². The third-order valence-corrected chi connectivity index (χ3v) is 4.93. The van der Waals surface area contributed by atoms with Gasteiger partial charge in [-0.05, 0) is 55.7 Å². The Hall–Kier alpha value is -1.97. The highest BCUT2D eigenvalue weighted by Crippen LogP contribution is 2.32. The van der Waals surface area contributed by atoms with Crippen LogP contribution in [0.2, 0.25) is 0 Å². The largest absolute Gasteiger partial charge is 0.497 e. The van der Waals surface area contributed by atoms with Gasteiger partial charge in [-0.25, -0.2) is 4.79 Å². The Morgan fingerprint density at radius 3 is 2.78 bits per heavy atom. The monoisotopic (exact) mass is 314 g/mol. The molecule has 1 fully saturated rings. The first-order valence-electron chi connectivity index (χ1n) is 8.61. The molecule has 0 bridgehead atoms. The van der Waals surface area contributed by atoms with Crippen molar-refractivity contribution in [1.82, 2.24) is 10.2 Å². The van der Waals surface area contributed by atoms with Crippen LogP contribution >= 0.6 is 0 Å². The fraction of sp³-hybridized carbons (Fsp3) is 0.526. The number of nitrogens with zero attached hydrogens (tertiary/aromatic N) is 1. The van der Waals surface area contributed by atoms with Crippen molar-refractivity contribution in [3.8, 4) is 5.75 Å². The van der Waals surface area contributed by atoms with Crippen LogP contribution in [0.25, 0.3) is 0 Å². The molecular weight excluding hydrogens is 288 g/mol. The number of methoxy groups -OCH3 is 1. The number of urea groups is 1. The number of hydrogen-bond donors (Lipinski definition) is 1. The number of amides is 2. The molecule has 0 spiro atoms. The third-order valence-electron chi connectivity index (χ3n) is 4.93. The van der Waals surface area contributed by atoms with Crippen molar-refractivity contribution >= 4 is 6.03 Å². The first-order chi connectivity index (χ1) is 11.3. The molecule has 1 aliphatic carbocycles. The van der Waals surface area contributed by atoms with Crippen molar-refractivity contribution in [3.05, 3.63) is 42.0 Å². The highest BCUT2D eigenvalue weighted by molar-refractivity contribution is 5.75. The minimum atomic E-state index is 0.0814. The third kappa shape index (κ3) is 3.87. The number of rotatable bonds is 4. The lowest BCUT2D eigenvalue weighted by atomic mass is 9.94. The Bertz CT molecular complexity index is 553. The summed E-state index contributed by atoms with van der Waals surface area (Å²) in [5.74, 6) is 1.44. The highest BCUT2D eigenvalue weighted by Gasteiger charge is 2.30. The topological polar surface area (TPSA) is 41.6 Å². The lowest BCUT2D eigenvalue weighted by Crippen LogP contribution is -2.41. The van der Waals surface area contributed by atoms with Crippen molar-refractivity contribution < 1.29 is 9.53 Å². The van der Waals surface area contributed by atoms with Gasteiger partial charge in [0, 0.05) is 13.1 Å². The van der Waals surface area contributed by atoms with Gasteiger partial charge in [-0.2, -0.15) is 0 Å². The molecule has 23 heavy (non-hydrogen) atoms. The van der Waals surface area contributed by atoms with E-state index >= 15 is 0 Å². The Balaban J connectivity index is 1.58. The molecule has 2 aliphatic rings. The van der Waals surface area contributed by atoms with Gasteiger partial charge in [0.05, 0.1) is 13.2 Å². The molecule has 1 aliphatic heterocycles. The molecule has 0 saturated carbocycles. The van der Waals surface area contributed by atoms with Gasteiger partial charge >= 0.3 is 6.03 Å². The predicted octanol–water partition coefficient (Wildman–Crippen LogP) is 3.90. The summed E-state index contributed by atoms with van der Waals surface area (Å²) in [5, 5.41) is 3.15. The summed E-state index contributed by atoms with van der Waals surface area (Å²) in [7, 11) is 1.67. The van der Waals surface area contributed by atoms with Crippen LogP contribution in [0.4, 0.5) is 4.79 Å². The Kier molecular flexibility index (Phi) is 5.21. The summed E-state index contributed by atoms with van der Waals surface area (Å²) in [6.07, 6.45) is 9.97. The number of nitrogens with one attached hydrogen (secondary N) is 1. The van der Waals surface area contributed by atoms with E-state index in [0.717, 1.165) is 44.5 Å². The van der Waals surface area contributed by atoms with Gasteiger partial charge < -0.3 is 15.0 Å². The van der Waals surface area contributed by atoms with E-state index in [1.54, 1.807) is 7.11 Å². The number of benzene rings is 1. The second-order valence-electron chi connectivity index (χ2n) is 6.46. The zero-order valence-corrected chi connectivity index (χ0v) is 13.8. The average Bonchev–Trinajstić information content (AvgIpc) is 3.10. The first kappa shape index (κ1) is 15.9. The van der Waals surface area contributed by atoms with Crippen LogP contribution in [0.15, 0.2) is 36.4 Å². The molecule has 1 aromatic rings. The maximum absolute atomic E-state index is 12.6. The van der Waals surface area contributed by atoms with Gasteiger partial charge in [0.1, 0.15) is 5.75 Å². The lowest BCUT2D eigenvalue weighted by molar-refractivity contribution is 0.190.